The normalized spacial score (nSPS) is 51.5. The third kappa shape index (κ3) is 0.778. The van der Waals surface area contributed by atoms with Crippen molar-refractivity contribution < 1.29 is 14.9 Å². The van der Waals surface area contributed by atoms with Crippen LogP contribution in [0.25, 0.3) is 0 Å². The van der Waals surface area contributed by atoms with Gasteiger partial charge >= 0.3 is 0 Å². The molecule has 6 atom stereocenters. The number of hydrogen-bond acceptors (Lipinski definition) is 3. The van der Waals surface area contributed by atoms with Crippen molar-refractivity contribution in [2.24, 2.45) is 17.3 Å². The highest BCUT2D eigenvalue weighted by molar-refractivity contribution is 5.64. The van der Waals surface area contributed by atoms with Gasteiger partial charge in [0.15, 0.2) is 11.5 Å². The van der Waals surface area contributed by atoms with Crippen molar-refractivity contribution >= 4 is 0 Å². The number of aliphatic hydroxyl groups excluding tert-OH is 1. The Morgan fingerprint density at radius 1 is 1.20 bits per heavy atom. The van der Waals surface area contributed by atoms with Crippen molar-refractivity contribution in [1.82, 2.24) is 0 Å². The molecule has 2 saturated carbocycles. The summed E-state index contributed by atoms with van der Waals surface area (Å²) in [6, 6.07) is 3.83. The van der Waals surface area contributed by atoms with Gasteiger partial charge in [0.05, 0.1) is 0 Å². The Kier molecular flexibility index (Phi) is 1.36. The van der Waals surface area contributed by atoms with E-state index in [4.69, 9.17) is 4.74 Å². The van der Waals surface area contributed by atoms with E-state index in [0.29, 0.717) is 17.1 Å². The van der Waals surface area contributed by atoms with E-state index < -0.39 is 6.10 Å². The zero-order valence-corrected chi connectivity index (χ0v) is 11.0. The molecule has 0 amide bonds. The second-order valence-corrected chi connectivity index (χ2v) is 7.40. The summed E-state index contributed by atoms with van der Waals surface area (Å²) in [5, 5.41) is 20.6. The molecule has 3 heteroatoms. The van der Waals surface area contributed by atoms with Gasteiger partial charge in [-0.05, 0) is 48.1 Å². The quantitative estimate of drug-likeness (QED) is 0.707. The molecule has 2 N–H and O–H groups in total. The summed E-state index contributed by atoms with van der Waals surface area (Å²) in [5.41, 5.74) is 2.91. The molecule has 2 bridgehead atoms. The topological polar surface area (TPSA) is 49.7 Å². The van der Waals surface area contributed by atoms with Crippen molar-refractivity contribution in [1.29, 1.82) is 0 Å². The van der Waals surface area contributed by atoms with Gasteiger partial charge in [0.1, 0.15) is 12.2 Å². The Bertz CT molecular complexity index is 708. The largest absolute Gasteiger partial charge is 0.504 e. The van der Waals surface area contributed by atoms with E-state index in [-0.39, 0.29) is 17.3 Å². The number of ether oxygens (including phenoxy) is 1. The van der Waals surface area contributed by atoms with Crippen LogP contribution in [0.1, 0.15) is 24.0 Å². The minimum absolute atomic E-state index is 0.0707. The van der Waals surface area contributed by atoms with Gasteiger partial charge in [-0.15, -0.1) is 0 Å². The van der Waals surface area contributed by atoms with Crippen LogP contribution in [0.15, 0.2) is 24.3 Å². The Balaban J connectivity index is 1.75. The average molecular weight is 268 g/mol. The van der Waals surface area contributed by atoms with Gasteiger partial charge in [-0.3, -0.25) is 0 Å². The summed E-state index contributed by atoms with van der Waals surface area (Å²) in [7, 11) is 0. The lowest BCUT2D eigenvalue weighted by molar-refractivity contribution is 0.000131. The van der Waals surface area contributed by atoms with Crippen LogP contribution in [0, 0.1) is 17.3 Å². The molecule has 3 nitrogen and oxygen atoms in total. The molecule has 2 spiro atoms. The van der Waals surface area contributed by atoms with Crippen molar-refractivity contribution in [3.8, 4) is 11.5 Å². The molecular weight excluding hydrogens is 252 g/mol. The third-order valence-corrected chi connectivity index (χ3v) is 6.81. The number of aliphatic hydroxyl groups is 1. The van der Waals surface area contributed by atoms with Gasteiger partial charge in [0.25, 0.3) is 0 Å². The van der Waals surface area contributed by atoms with Crippen LogP contribution in [-0.4, -0.2) is 22.4 Å². The van der Waals surface area contributed by atoms with E-state index in [9.17, 15) is 10.2 Å². The van der Waals surface area contributed by atoms with Crippen LogP contribution < -0.4 is 4.74 Å². The molecule has 0 saturated heterocycles. The number of phenols is 1. The fourth-order valence-corrected chi connectivity index (χ4v) is 6.16. The van der Waals surface area contributed by atoms with Crippen molar-refractivity contribution in [3.05, 3.63) is 35.4 Å². The number of phenolic OH excluding ortho intramolecular Hbond substituents is 1. The van der Waals surface area contributed by atoms with E-state index in [0.717, 1.165) is 18.8 Å². The lowest BCUT2D eigenvalue weighted by Gasteiger charge is -2.47. The summed E-state index contributed by atoms with van der Waals surface area (Å²) in [6.07, 6.45) is 6.96. The highest BCUT2D eigenvalue weighted by Crippen LogP contribution is 2.81. The summed E-state index contributed by atoms with van der Waals surface area (Å²) >= 11 is 0. The fraction of sp³-hybridized carbons (Fsp3) is 0.529. The molecule has 1 aromatic rings. The highest BCUT2D eigenvalue weighted by Gasteiger charge is 2.78. The molecule has 6 rings (SSSR count). The minimum Gasteiger partial charge on any atom is -0.504 e. The average Bonchev–Trinajstić information content (AvgIpc) is 2.87. The zero-order valence-electron chi connectivity index (χ0n) is 11.0. The number of allylic oxidation sites excluding steroid dienone is 1. The van der Waals surface area contributed by atoms with Gasteiger partial charge in [-0.2, -0.15) is 0 Å². The van der Waals surface area contributed by atoms with Crippen LogP contribution in [0.2, 0.25) is 0 Å². The summed E-state index contributed by atoms with van der Waals surface area (Å²) < 4.78 is 6.08. The second-order valence-electron chi connectivity index (χ2n) is 7.40. The second kappa shape index (κ2) is 2.64. The first-order valence-electron chi connectivity index (χ1n) is 7.55. The fourth-order valence-electron chi connectivity index (χ4n) is 6.16. The maximum atomic E-state index is 10.4. The van der Waals surface area contributed by atoms with Gasteiger partial charge < -0.3 is 14.9 Å². The monoisotopic (exact) mass is 268 g/mol. The Morgan fingerprint density at radius 2 is 2.10 bits per heavy atom. The Labute approximate surface area is 116 Å². The molecule has 4 unspecified atom stereocenters. The van der Waals surface area contributed by atoms with Crippen LogP contribution in [0.4, 0.5) is 0 Å². The van der Waals surface area contributed by atoms with E-state index in [1.165, 1.54) is 17.5 Å². The number of hydrogen-bond donors (Lipinski definition) is 2. The van der Waals surface area contributed by atoms with E-state index in [1.807, 2.05) is 6.08 Å². The Hall–Kier alpha value is -1.48. The first-order valence-corrected chi connectivity index (χ1v) is 7.55. The zero-order chi connectivity index (χ0) is 13.3. The molecule has 0 aromatic heterocycles. The van der Waals surface area contributed by atoms with Gasteiger partial charge in [-0.25, -0.2) is 0 Å². The molecule has 4 aliphatic carbocycles. The molecule has 1 aliphatic heterocycles. The first-order chi connectivity index (χ1) is 9.67. The molecule has 0 radical (unpaired) electrons. The molecule has 20 heavy (non-hydrogen) atoms. The summed E-state index contributed by atoms with van der Waals surface area (Å²) in [6.45, 7) is 0. The predicted octanol–water partition coefficient (Wildman–Crippen LogP) is 1.90. The standard InChI is InChI=1S/C17H16O3/c18-10-2-1-8-5-16-6-9(16)7-17-12(16)4-3-11(19)15(17)20-14(10)13(8)17/h1-4,9,11-12,15,18-19H,5-7H2/t9?,11-,12?,15-,16?,17?/m0/s1. The van der Waals surface area contributed by atoms with Crippen molar-refractivity contribution in [3.63, 3.8) is 0 Å². The molecule has 1 heterocycles. The molecule has 2 fully saturated rings. The van der Waals surface area contributed by atoms with E-state index >= 15 is 0 Å². The van der Waals surface area contributed by atoms with Crippen LogP contribution in [0.3, 0.4) is 0 Å². The summed E-state index contributed by atoms with van der Waals surface area (Å²) in [4.78, 5) is 0. The van der Waals surface area contributed by atoms with Crippen molar-refractivity contribution in [2.45, 2.75) is 36.9 Å². The Morgan fingerprint density at radius 3 is 3.00 bits per heavy atom. The van der Waals surface area contributed by atoms with Crippen molar-refractivity contribution in [2.75, 3.05) is 0 Å². The van der Waals surface area contributed by atoms with Gasteiger partial charge in [-0.1, -0.05) is 18.2 Å². The maximum Gasteiger partial charge on any atom is 0.165 e. The van der Waals surface area contributed by atoms with Gasteiger partial charge in [0, 0.05) is 11.0 Å². The van der Waals surface area contributed by atoms with Crippen LogP contribution in [0.5, 0.6) is 11.5 Å². The van der Waals surface area contributed by atoms with E-state index in [1.54, 1.807) is 6.07 Å². The number of benzene rings is 1. The summed E-state index contributed by atoms with van der Waals surface area (Å²) in [5.74, 6) is 2.14. The van der Waals surface area contributed by atoms with Gasteiger partial charge in [0.2, 0.25) is 0 Å². The predicted molar refractivity (Wildman–Crippen MR) is 71.7 cm³/mol. The lowest BCUT2D eigenvalue weighted by atomic mass is 9.56. The molecule has 5 aliphatic rings. The first kappa shape index (κ1) is 10.3. The van der Waals surface area contributed by atoms with Crippen LogP contribution >= 0.6 is 0 Å². The highest BCUT2D eigenvalue weighted by atomic mass is 16.5. The third-order valence-electron chi connectivity index (χ3n) is 6.81. The molecule has 102 valence electrons. The number of aromatic hydroxyl groups is 1. The minimum atomic E-state index is -0.557. The smallest absolute Gasteiger partial charge is 0.165 e. The maximum absolute atomic E-state index is 10.4. The SMILES string of the molecule is Oc1ccc2c3c1O[C@H]1[C@@H](O)C=CC4C5(C2)CC5CC341. The number of rotatable bonds is 0. The van der Waals surface area contributed by atoms with E-state index in [2.05, 4.69) is 12.1 Å². The molecular formula is C17H16O3. The van der Waals surface area contributed by atoms with Crippen LogP contribution in [-0.2, 0) is 11.8 Å². The lowest BCUT2D eigenvalue weighted by Crippen LogP contribution is -2.54. The molecule has 1 aromatic carbocycles.